The summed E-state index contributed by atoms with van der Waals surface area (Å²) in [5.74, 6) is 0. The first-order valence-corrected chi connectivity index (χ1v) is 10.3. The Balaban J connectivity index is 1.35. The molecule has 1 aliphatic carbocycles. The first kappa shape index (κ1) is 17.7. The van der Waals surface area contributed by atoms with Crippen molar-refractivity contribution in [1.82, 2.24) is 9.80 Å². The van der Waals surface area contributed by atoms with Gasteiger partial charge in [0.2, 0.25) is 0 Å². The van der Waals surface area contributed by atoms with Crippen LogP contribution in [0.2, 0.25) is 0 Å². The van der Waals surface area contributed by atoms with Crippen LogP contribution >= 0.6 is 0 Å². The molecule has 0 radical (unpaired) electrons. The molecule has 1 unspecified atom stereocenters. The van der Waals surface area contributed by atoms with Crippen LogP contribution in [0.25, 0.3) is 0 Å². The molecule has 134 valence electrons. The van der Waals surface area contributed by atoms with Gasteiger partial charge in [-0.25, -0.2) is 0 Å². The van der Waals surface area contributed by atoms with E-state index in [1.807, 2.05) is 0 Å². The normalized spacial score (nSPS) is 30.8. The number of piperazine rings is 1. The third-order valence-corrected chi connectivity index (χ3v) is 7.05. The largest absolute Gasteiger partial charge is 0.378 e. The molecule has 0 spiro atoms. The van der Waals surface area contributed by atoms with Gasteiger partial charge in [-0.2, -0.15) is 0 Å². The molecule has 2 heterocycles. The van der Waals surface area contributed by atoms with Crippen molar-refractivity contribution in [3.63, 3.8) is 0 Å². The zero-order valence-electron chi connectivity index (χ0n) is 15.6. The minimum atomic E-state index is 0.490. The molecule has 0 bridgehead atoms. The lowest BCUT2D eigenvalue weighted by Crippen LogP contribution is -2.51. The van der Waals surface area contributed by atoms with Crippen molar-refractivity contribution in [2.24, 2.45) is 5.41 Å². The van der Waals surface area contributed by atoms with E-state index in [4.69, 9.17) is 4.74 Å². The summed E-state index contributed by atoms with van der Waals surface area (Å²) in [5, 5.41) is 0. The molecule has 3 nitrogen and oxygen atoms in total. The Kier molecular flexibility index (Phi) is 6.39. The number of hydrogen-bond acceptors (Lipinski definition) is 3. The Hall–Kier alpha value is -0.120. The quantitative estimate of drug-likeness (QED) is 0.737. The van der Waals surface area contributed by atoms with E-state index in [9.17, 15) is 0 Å². The van der Waals surface area contributed by atoms with Crippen molar-refractivity contribution in [2.45, 2.75) is 83.8 Å². The Morgan fingerprint density at radius 1 is 0.957 bits per heavy atom. The summed E-state index contributed by atoms with van der Waals surface area (Å²) in [7, 11) is 0. The van der Waals surface area contributed by atoms with E-state index in [1.165, 1.54) is 90.5 Å². The van der Waals surface area contributed by atoms with Gasteiger partial charge >= 0.3 is 0 Å². The molecule has 2 saturated heterocycles. The maximum atomic E-state index is 6.12. The molecule has 3 aliphatic rings. The second-order valence-electron chi connectivity index (χ2n) is 8.30. The van der Waals surface area contributed by atoms with Crippen molar-refractivity contribution >= 4 is 0 Å². The first-order chi connectivity index (χ1) is 11.2. The Morgan fingerprint density at radius 2 is 1.65 bits per heavy atom. The molecular weight excluding hydrogens is 284 g/mol. The summed E-state index contributed by atoms with van der Waals surface area (Å²) >= 11 is 0. The minimum Gasteiger partial charge on any atom is -0.378 e. The SMILES string of the molecule is CCC1(CC)COC(CCN2CCN(C3CCCCC3)CC2)C1. The predicted octanol–water partition coefficient (Wildman–Crippen LogP) is 3.92. The molecule has 0 amide bonds. The zero-order valence-corrected chi connectivity index (χ0v) is 15.6. The third kappa shape index (κ3) is 4.49. The zero-order chi connectivity index (χ0) is 16.1. The lowest BCUT2D eigenvalue weighted by molar-refractivity contribution is 0.0552. The molecule has 0 N–H and O–H groups in total. The summed E-state index contributed by atoms with van der Waals surface area (Å²) in [6.45, 7) is 12.0. The van der Waals surface area contributed by atoms with Gasteiger partial charge in [0.05, 0.1) is 12.7 Å². The summed E-state index contributed by atoms with van der Waals surface area (Å²) in [6, 6.07) is 0.902. The van der Waals surface area contributed by atoms with Crippen molar-refractivity contribution in [2.75, 3.05) is 39.3 Å². The van der Waals surface area contributed by atoms with Crippen LogP contribution < -0.4 is 0 Å². The van der Waals surface area contributed by atoms with Gasteiger partial charge in [-0.15, -0.1) is 0 Å². The van der Waals surface area contributed by atoms with Crippen LogP contribution in [0.5, 0.6) is 0 Å². The standard InChI is InChI=1S/C20H38N2O/c1-3-20(4-2)16-19(23-17-20)10-11-21-12-14-22(15-13-21)18-8-6-5-7-9-18/h18-19H,3-17H2,1-2H3. The first-order valence-electron chi connectivity index (χ1n) is 10.3. The van der Waals surface area contributed by atoms with E-state index in [2.05, 4.69) is 23.6 Å². The minimum absolute atomic E-state index is 0.490. The third-order valence-electron chi connectivity index (χ3n) is 7.05. The van der Waals surface area contributed by atoms with Gasteiger partial charge in [0.1, 0.15) is 0 Å². The van der Waals surface area contributed by atoms with Gasteiger partial charge in [0, 0.05) is 38.8 Å². The van der Waals surface area contributed by atoms with E-state index in [1.54, 1.807) is 0 Å². The molecule has 23 heavy (non-hydrogen) atoms. The highest BCUT2D eigenvalue weighted by Gasteiger charge is 2.37. The molecule has 3 fully saturated rings. The van der Waals surface area contributed by atoms with Crippen molar-refractivity contribution in [3.05, 3.63) is 0 Å². The molecule has 0 aromatic rings. The van der Waals surface area contributed by atoms with Crippen molar-refractivity contribution in [1.29, 1.82) is 0 Å². The molecule has 3 heteroatoms. The van der Waals surface area contributed by atoms with Crippen molar-refractivity contribution < 1.29 is 4.74 Å². The van der Waals surface area contributed by atoms with Gasteiger partial charge in [-0.1, -0.05) is 33.1 Å². The van der Waals surface area contributed by atoms with E-state index < -0.39 is 0 Å². The predicted molar refractivity (Wildman–Crippen MR) is 96.9 cm³/mol. The second kappa shape index (κ2) is 8.31. The average Bonchev–Trinajstić information content (AvgIpc) is 3.05. The number of hydrogen-bond donors (Lipinski definition) is 0. The molecule has 0 aromatic carbocycles. The Bertz CT molecular complexity index is 342. The van der Waals surface area contributed by atoms with Crippen LogP contribution in [0.4, 0.5) is 0 Å². The fourth-order valence-corrected chi connectivity index (χ4v) is 4.95. The molecule has 3 rings (SSSR count). The highest BCUT2D eigenvalue weighted by molar-refractivity contribution is 4.87. The van der Waals surface area contributed by atoms with E-state index >= 15 is 0 Å². The lowest BCUT2D eigenvalue weighted by Gasteiger charge is -2.41. The smallest absolute Gasteiger partial charge is 0.0593 e. The topological polar surface area (TPSA) is 15.7 Å². The fraction of sp³-hybridized carbons (Fsp3) is 1.00. The maximum absolute atomic E-state index is 6.12. The number of nitrogens with zero attached hydrogens (tertiary/aromatic N) is 2. The molecule has 1 saturated carbocycles. The highest BCUT2D eigenvalue weighted by Crippen LogP contribution is 2.39. The lowest BCUT2D eigenvalue weighted by atomic mass is 9.80. The van der Waals surface area contributed by atoms with Gasteiger partial charge in [0.15, 0.2) is 0 Å². The molecule has 2 aliphatic heterocycles. The summed E-state index contributed by atoms with van der Waals surface area (Å²) in [6.07, 6.45) is 12.9. The average molecular weight is 323 g/mol. The van der Waals surface area contributed by atoms with E-state index in [0.29, 0.717) is 11.5 Å². The molecular formula is C20H38N2O. The second-order valence-corrected chi connectivity index (χ2v) is 8.30. The maximum Gasteiger partial charge on any atom is 0.0593 e. The van der Waals surface area contributed by atoms with Crippen LogP contribution in [-0.2, 0) is 4.74 Å². The Morgan fingerprint density at radius 3 is 2.26 bits per heavy atom. The van der Waals surface area contributed by atoms with E-state index in [-0.39, 0.29) is 0 Å². The van der Waals surface area contributed by atoms with Crippen LogP contribution in [-0.4, -0.2) is 61.3 Å². The molecule has 1 atom stereocenters. The van der Waals surface area contributed by atoms with Gasteiger partial charge in [-0.3, -0.25) is 4.90 Å². The highest BCUT2D eigenvalue weighted by atomic mass is 16.5. The van der Waals surface area contributed by atoms with Gasteiger partial charge in [0.25, 0.3) is 0 Å². The summed E-state index contributed by atoms with van der Waals surface area (Å²) < 4.78 is 6.12. The van der Waals surface area contributed by atoms with Crippen LogP contribution in [0.3, 0.4) is 0 Å². The van der Waals surface area contributed by atoms with Gasteiger partial charge < -0.3 is 9.64 Å². The fourth-order valence-electron chi connectivity index (χ4n) is 4.95. The summed E-state index contributed by atoms with van der Waals surface area (Å²) in [5.41, 5.74) is 0.490. The molecule has 0 aromatic heterocycles. The number of ether oxygens (including phenoxy) is 1. The van der Waals surface area contributed by atoms with Crippen LogP contribution in [0.15, 0.2) is 0 Å². The summed E-state index contributed by atoms with van der Waals surface area (Å²) in [4.78, 5) is 5.46. The van der Waals surface area contributed by atoms with Crippen LogP contribution in [0, 0.1) is 5.41 Å². The monoisotopic (exact) mass is 322 g/mol. The van der Waals surface area contributed by atoms with Crippen LogP contribution in [0.1, 0.15) is 71.6 Å². The van der Waals surface area contributed by atoms with E-state index in [0.717, 1.165) is 12.6 Å². The van der Waals surface area contributed by atoms with Gasteiger partial charge in [-0.05, 0) is 43.9 Å². The number of rotatable bonds is 6. The van der Waals surface area contributed by atoms with Crippen molar-refractivity contribution in [3.8, 4) is 0 Å². The Labute approximate surface area is 143 Å².